The summed E-state index contributed by atoms with van der Waals surface area (Å²) in [7, 11) is 0. The van der Waals surface area contributed by atoms with E-state index in [1.807, 2.05) is 20.8 Å². The molecule has 33 heavy (non-hydrogen) atoms. The average molecular weight is 454 g/mol. The van der Waals surface area contributed by atoms with Crippen LogP contribution in [0.5, 0.6) is 0 Å². The van der Waals surface area contributed by atoms with E-state index in [1.54, 1.807) is 0 Å². The standard InChI is InChI=1S/C27H39N3O3/c1-6-22-24-20(23-17(2)8-7-9-21(23)29-24)14-15-30(22)25(31)19-12-10-18(11-13-19)16-28-26(32)33-27(3,4)5/h7-9,18-19,22,29H,6,10-16H2,1-5H3,(H,28,32)/t18-,19-,22?. The first kappa shape index (κ1) is 23.7. The Labute approximate surface area is 197 Å². The lowest BCUT2D eigenvalue weighted by Crippen LogP contribution is -2.44. The largest absolute Gasteiger partial charge is 0.444 e. The number of benzene rings is 1. The fourth-order valence-electron chi connectivity index (χ4n) is 5.69. The predicted molar refractivity (Wildman–Crippen MR) is 131 cm³/mol. The number of amides is 2. The molecular weight excluding hydrogens is 414 g/mol. The van der Waals surface area contributed by atoms with E-state index in [0.717, 1.165) is 45.1 Å². The fraction of sp³-hybridized carbons (Fsp3) is 0.630. The number of carbonyl (C=O) groups excluding carboxylic acids is 2. The van der Waals surface area contributed by atoms with Crippen molar-refractivity contribution in [3.05, 3.63) is 35.0 Å². The molecule has 1 aromatic heterocycles. The molecule has 1 unspecified atom stereocenters. The molecule has 1 saturated carbocycles. The van der Waals surface area contributed by atoms with Crippen molar-refractivity contribution >= 4 is 22.9 Å². The predicted octanol–water partition coefficient (Wildman–Crippen LogP) is 5.64. The van der Waals surface area contributed by atoms with E-state index in [2.05, 4.69) is 47.2 Å². The second-order valence-electron chi connectivity index (χ2n) is 10.8. The number of hydrogen-bond acceptors (Lipinski definition) is 3. The Balaban J connectivity index is 1.37. The van der Waals surface area contributed by atoms with Crippen LogP contribution in [0.1, 0.15) is 82.7 Å². The van der Waals surface area contributed by atoms with Gasteiger partial charge in [-0.2, -0.15) is 0 Å². The Morgan fingerprint density at radius 1 is 1.18 bits per heavy atom. The first-order valence-corrected chi connectivity index (χ1v) is 12.5. The Bertz CT molecular complexity index is 1010. The van der Waals surface area contributed by atoms with Gasteiger partial charge in [0.25, 0.3) is 0 Å². The van der Waals surface area contributed by atoms with E-state index < -0.39 is 5.60 Å². The van der Waals surface area contributed by atoms with Crippen molar-refractivity contribution in [3.8, 4) is 0 Å². The van der Waals surface area contributed by atoms with E-state index in [4.69, 9.17) is 4.74 Å². The maximum absolute atomic E-state index is 13.6. The van der Waals surface area contributed by atoms with Gasteiger partial charge in [-0.05, 0) is 89.3 Å². The number of carbonyl (C=O) groups is 2. The van der Waals surface area contributed by atoms with Crippen LogP contribution in [0.25, 0.3) is 10.9 Å². The summed E-state index contributed by atoms with van der Waals surface area (Å²) >= 11 is 0. The van der Waals surface area contributed by atoms with E-state index in [1.165, 1.54) is 27.7 Å². The first-order valence-electron chi connectivity index (χ1n) is 12.5. The number of aryl methyl sites for hydroxylation is 1. The highest BCUT2D eigenvalue weighted by molar-refractivity contribution is 5.89. The molecule has 1 aliphatic carbocycles. The smallest absolute Gasteiger partial charge is 0.407 e. The molecule has 0 spiro atoms. The number of ether oxygens (including phenoxy) is 1. The second kappa shape index (κ2) is 9.40. The first-order chi connectivity index (χ1) is 15.7. The molecule has 4 rings (SSSR count). The Kier molecular flexibility index (Phi) is 6.73. The summed E-state index contributed by atoms with van der Waals surface area (Å²) in [4.78, 5) is 31.3. The number of rotatable bonds is 4. The molecule has 2 heterocycles. The zero-order valence-electron chi connectivity index (χ0n) is 20.8. The molecule has 2 aromatic rings. The number of nitrogens with zero attached hydrogens (tertiary/aromatic N) is 1. The van der Waals surface area contributed by atoms with Crippen molar-refractivity contribution in [1.29, 1.82) is 0 Å². The zero-order valence-corrected chi connectivity index (χ0v) is 20.8. The summed E-state index contributed by atoms with van der Waals surface area (Å²) in [6.07, 6.45) is 5.19. The SMILES string of the molecule is CCC1c2[nH]c3cccc(C)c3c2CCN1C(=O)[C@H]1CC[C@H](CNC(=O)OC(C)(C)C)CC1. The van der Waals surface area contributed by atoms with Crippen LogP contribution >= 0.6 is 0 Å². The summed E-state index contributed by atoms with van der Waals surface area (Å²) in [5, 5.41) is 4.24. The summed E-state index contributed by atoms with van der Waals surface area (Å²) in [6.45, 7) is 11.4. The maximum atomic E-state index is 13.6. The van der Waals surface area contributed by atoms with Gasteiger partial charge in [-0.25, -0.2) is 4.79 Å². The summed E-state index contributed by atoms with van der Waals surface area (Å²) < 4.78 is 5.34. The highest BCUT2D eigenvalue weighted by atomic mass is 16.6. The Hall–Kier alpha value is -2.50. The molecular formula is C27H39N3O3. The van der Waals surface area contributed by atoms with E-state index >= 15 is 0 Å². The minimum absolute atomic E-state index is 0.0875. The number of fused-ring (bicyclic) bond motifs is 3. The molecule has 2 N–H and O–H groups in total. The zero-order chi connectivity index (χ0) is 23.8. The molecule has 1 atom stereocenters. The van der Waals surface area contributed by atoms with Crippen LogP contribution in [0.4, 0.5) is 4.79 Å². The average Bonchev–Trinajstić information content (AvgIpc) is 3.15. The molecule has 1 aliphatic heterocycles. The number of nitrogens with one attached hydrogen (secondary N) is 2. The minimum atomic E-state index is -0.484. The van der Waals surface area contributed by atoms with E-state index in [9.17, 15) is 9.59 Å². The highest BCUT2D eigenvalue weighted by Crippen LogP contribution is 2.39. The summed E-state index contributed by atoms with van der Waals surface area (Å²) in [5.74, 6) is 0.805. The van der Waals surface area contributed by atoms with Crippen molar-refractivity contribution in [2.24, 2.45) is 11.8 Å². The van der Waals surface area contributed by atoms with Gasteiger partial charge in [0.15, 0.2) is 0 Å². The van der Waals surface area contributed by atoms with Crippen molar-refractivity contribution < 1.29 is 14.3 Å². The second-order valence-corrected chi connectivity index (χ2v) is 10.8. The van der Waals surface area contributed by atoms with Gasteiger partial charge in [0.2, 0.25) is 5.91 Å². The van der Waals surface area contributed by atoms with Crippen molar-refractivity contribution in [3.63, 3.8) is 0 Å². The number of hydrogen-bond donors (Lipinski definition) is 2. The summed E-state index contributed by atoms with van der Waals surface area (Å²) in [5.41, 5.74) is 4.64. The van der Waals surface area contributed by atoms with Crippen LogP contribution in [-0.2, 0) is 16.0 Å². The number of alkyl carbamates (subject to hydrolysis) is 1. The van der Waals surface area contributed by atoms with Crippen LogP contribution in [0.2, 0.25) is 0 Å². The minimum Gasteiger partial charge on any atom is -0.444 e. The molecule has 6 nitrogen and oxygen atoms in total. The molecule has 2 aliphatic rings. The lowest BCUT2D eigenvalue weighted by molar-refractivity contribution is -0.140. The van der Waals surface area contributed by atoms with Gasteiger partial charge in [0.05, 0.1) is 6.04 Å². The van der Waals surface area contributed by atoms with Crippen LogP contribution in [-0.4, -0.2) is 40.6 Å². The van der Waals surface area contributed by atoms with E-state index in [-0.39, 0.29) is 18.1 Å². The molecule has 6 heteroatoms. The highest BCUT2D eigenvalue weighted by Gasteiger charge is 2.37. The monoisotopic (exact) mass is 453 g/mol. The third kappa shape index (κ3) is 5.04. The molecule has 1 aromatic carbocycles. The Morgan fingerprint density at radius 2 is 1.91 bits per heavy atom. The normalized spacial score (nSPS) is 23.3. The van der Waals surface area contributed by atoms with Crippen LogP contribution in [0.15, 0.2) is 18.2 Å². The summed E-state index contributed by atoms with van der Waals surface area (Å²) in [6, 6.07) is 6.54. The quantitative estimate of drug-likeness (QED) is 0.629. The van der Waals surface area contributed by atoms with Gasteiger partial charge < -0.3 is 19.9 Å². The molecule has 180 valence electrons. The molecule has 0 bridgehead atoms. The maximum Gasteiger partial charge on any atom is 0.407 e. The molecule has 2 amide bonds. The van der Waals surface area contributed by atoms with Gasteiger partial charge in [-0.15, -0.1) is 0 Å². The van der Waals surface area contributed by atoms with Crippen LogP contribution in [0.3, 0.4) is 0 Å². The van der Waals surface area contributed by atoms with Gasteiger partial charge in [-0.3, -0.25) is 4.79 Å². The van der Waals surface area contributed by atoms with Gasteiger partial charge in [0, 0.05) is 35.6 Å². The van der Waals surface area contributed by atoms with Gasteiger partial charge in [-0.1, -0.05) is 19.1 Å². The van der Waals surface area contributed by atoms with Crippen molar-refractivity contribution in [2.45, 2.75) is 84.8 Å². The third-order valence-corrected chi connectivity index (χ3v) is 7.28. The molecule has 1 fully saturated rings. The number of aromatic amines is 1. The lowest BCUT2D eigenvalue weighted by atomic mass is 9.80. The van der Waals surface area contributed by atoms with Gasteiger partial charge in [0.1, 0.15) is 5.60 Å². The number of aromatic nitrogens is 1. The molecule has 0 saturated heterocycles. The van der Waals surface area contributed by atoms with Crippen LogP contribution in [0, 0.1) is 18.8 Å². The van der Waals surface area contributed by atoms with E-state index in [0.29, 0.717) is 18.4 Å². The van der Waals surface area contributed by atoms with Crippen molar-refractivity contribution in [2.75, 3.05) is 13.1 Å². The fourth-order valence-corrected chi connectivity index (χ4v) is 5.69. The topological polar surface area (TPSA) is 74.4 Å². The van der Waals surface area contributed by atoms with Crippen molar-refractivity contribution in [1.82, 2.24) is 15.2 Å². The van der Waals surface area contributed by atoms with Crippen LogP contribution < -0.4 is 5.32 Å². The third-order valence-electron chi connectivity index (χ3n) is 7.28. The molecule has 0 radical (unpaired) electrons. The Morgan fingerprint density at radius 3 is 2.58 bits per heavy atom. The lowest BCUT2D eigenvalue weighted by Gasteiger charge is -2.39. The number of H-pyrrole nitrogens is 1. The van der Waals surface area contributed by atoms with Gasteiger partial charge >= 0.3 is 6.09 Å².